The van der Waals surface area contributed by atoms with Crippen LogP contribution in [-0.2, 0) is 0 Å². The third-order valence-electron chi connectivity index (χ3n) is 3.86. The maximum absolute atomic E-state index is 12.9. The first-order valence-corrected chi connectivity index (χ1v) is 8.04. The zero-order chi connectivity index (χ0) is 16.0. The van der Waals surface area contributed by atoms with E-state index in [2.05, 4.69) is 15.3 Å². The van der Waals surface area contributed by atoms with Gasteiger partial charge in [0.25, 0.3) is 5.56 Å². The van der Waals surface area contributed by atoms with Crippen molar-refractivity contribution in [2.24, 2.45) is 0 Å². The topological polar surface area (TPSA) is 59.8 Å². The molecule has 0 bridgehead atoms. The number of anilines is 1. The van der Waals surface area contributed by atoms with Gasteiger partial charge in [0.2, 0.25) is 0 Å². The van der Waals surface area contributed by atoms with Gasteiger partial charge in [-0.25, -0.2) is 9.97 Å². The number of pyridine rings is 1. The van der Waals surface area contributed by atoms with E-state index in [1.54, 1.807) is 17.1 Å². The SMILES string of the molecule is CNc1ccnc2sc3c(=O)n(-c4ccc(C)cc4)cnc3c12. The molecule has 0 saturated carbocycles. The molecule has 5 nitrogen and oxygen atoms in total. The lowest BCUT2D eigenvalue weighted by Crippen LogP contribution is -2.17. The Morgan fingerprint density at radius 3 is 2.65 bits per heavy atom. The van der Waals surface area contributed by atoms with Gasteiger partial charge in [-0.3, -0.25) is 9.36 Å². The minimum atomic E-state index is -0.0658. The molecule has 3 aromatic heterocycles. The Kier molecular flexibility index (Phi) is 3.12. The number of thiophene rings is 1. The molecule has 0 amide bonds. The lowest BCUT2D eigenvalue weighted by molar-refractivity contribution is 0.967. The van der Waals surface area contributed by atoms with E-state index in [4.69, 9.17) is 0 Å². The van der Waals surface area contributed by atoms with Gasteiger partial charge in [0.05, 0.1) is 16.6 Å². The third kappa shape index (κ3) is 2.10. The highest BCUT2D eigenvalue weighted by molar-refractivity contribution is 7.25. The van der Waals surface area contributed by atoms with Crippen LogP contribution < -0.4 is 10.9 Å². The van der Waals surface area contributed by atoms with E-state index in [0.717, 1.165) is 27.2 Å². The monoisotopic (exact) mass is 322 g/mol. The van der Waals surface area contributed by atoms with Crippen LogP contribution in [0, 0.1) is 6.92 Å². The number of nitrogens with one attached hydrogen (secondary N) is 1. The minimum Gasteiger partial charge on any atom is -0.387 e. The van der Waals surface area contributed by atoms with Crippen molar-refractivity contribution in [2.75, 3.05) is 12.4 Å². The Hall–Kier alpha value is -2.73. The van der Waals surface area contributed by atoms with E-state index in [1.807, 2.05) is 44.3 Å². The molecule has 1 aromatic carbocycles. The first kappa shape index (κ1) is 13.9. The van der Waals surface area contributed by atoms with Crippen molar-refractivity contribution in [3.63, 3.8) is 0 Å². The third-order valence-corrected chi connectivity index (χ3v) is 4.94. The van der Waals surface area contributed by atoms with Crippen LogP contribution in [0.15, 0.2) is 47.7 Å². The summed E-state index contributed by atoms with van der Waals surface area (Å²) < 4.78 is 2.20. The van der Waals surface area contributed by atoms with E-state index >= 15 is 0 Å². The number of nitrogens with zero attached hydrogens (tertiary/aromatic N) is 3. The molecule has 0 aliphatic rings. The Morgan fingerprint density at radius 1 is 1.13 bits per heavy atom. The van der Waals surface area contributed by atoms with Crippen LogP contribution in [-0.4, -0.2) is 21.6 Å². The van der Waals surface area contributed by atoms with Crippen molar-refractivity contribution in [2.45, 2.75) is 6.92 Å². The predicted molar refractivity (Wildman–Crippen MR) is 94.8 cm³/mol. The molecule has 0 saturated heterocycles. The van der Waals surface area contributed by atoms with Crippen molar-refractivity contribution < 1.29 is 0 Å². The average molecular weight is 322 g/mol. The van der Waals surface area contributed by atoms with Crippen LogP contribution in [0.4, 0.5) is 5.69 Å². The molecule has 3 heterocycles. The van der Waals surface area contributed by atoms with E-state index < -0.39 is 0 Å². The molecule has 6 heteroatoms. The molecule has 1 N–H and O–H groups in total. The normalized spacial score (nSPS) is 11.2. The summed E-state index contributed by atoms with van der Waals surface area (Å²) in [5.74, 6) is 0. The predicted octanol–water partition coefficient (Wildman–Crippen LogP) is 3.35. The lowest BCUT2D eigenvalue weighted by atomic mass is 10.2. The van der Waals surface area contributed by atoms with Gasteiger partial charge >= 0.3 is 0 Å². The summed E-state index contributed by atoms with van der Waals surface area (Å²) in [6.45, 7) is 2.02. The summed E-state index contributed by atoms with van der Waals surface area (Å²) in [5, 5.41) is 4.04. The zero-order valence-corrected chi connectivity index (χ0v) is 13.5. The van der Waals surface area contributed by atoms with E-state index in [1.165, 1.54) is 11.3 Å². The number of hydrogen-bond donors (Lipinski definition) is 1. The average Bonchev–Trinajstić information content (AvgIpc) is 2.96. The number of aryl methyl sites for hydroxylation is 1. The smallest absolute Gasteiger partial charge is 0.275 e. The Morgan fingerprint density at radius 2 is 1.91 bits per heavy atom. The summed E-state index contributed by atoms with van der Waals surface area (Å²) in [4.78, 5) is 22.6. The van der Waals surface area contributed by atoms with Gasteiger partial charge in [-0.15, -0.1) is 11.3 Å². The second-order valence-corrected chi connectivity index (χ2v) is 6.32. The maximum Gasteiger partial charge on any atom is 0.275 e. The molecule has 0 aliphatic heterocycles. The molecule has 4 aromatic rings. The Bertz CT molecular complexity index is 1080. The fourth-order valence-electron chi connectivity index (χ4n) is 2.65. The van der Waals surface area contributed by atoms with Crippen molar-refractivity contribution in [1.29, 1.82) is 0 Å². The molecule has 0 unspecified atom stereocenters. The summed E-state index contributed by atoms with van der Waals surface area (Å²) in [6, 6.07) is 9.71. The zero-order valence-electron chi connectivity index (χ0n) is 12.7. The fraction of sp³-hybridized carbons (Fsp3) is 0.118. The number of rotatable bonds is 2. The van der Waals surface area contributed by atoms with Crippen LogP contribution in [0.1, 0.15) is 5.56 Å². The van der Waals surface area contributed by atoms with Crippen molar-refractivity contribution in [3.8, 4) is 5.69 Å². The van der Waals surface area contributed by atoms with Crippen LogP contribution in [0.5, 0.6) is 0 Å². The van der Waals surface area contributed by atoms with Gasteiger partial charge in [-0.1, -0.05) is 17.7 Å². The van der Waals surface area contributed by atoms with Crippen molar-refractivity contribution in [1.82, 2.24) is 14.5 Å². The van der Waals surface area contributed by atoms with E-state index in [9.17, 15) is 4.79 Å². The van der Waals surface area contributed by atoms with Crippen LogP contribution in [0.25, 0.3) is 26.1 Å². The quantitative estimate of drug-likeness (QED) is 0.615. The molecule has 0 atom stereocenters. The number of hydrogen-bond acceptors (Lipinski definition) is 5. The van der Waals surface area contributed by atoms with Gasteiger partial charge in [0.1, 0.15) is 15.9 Å². The molecular weight excluding hydrogens is 308 g/mol. The van der Waals surface area contributed by atoms with Crippen LogP contribution >= 0.6 is 11.3 Å². The molecule has 0 spiro atoms. The number of benzene rings is 1. The second kappa shape index (κ2) is 5.17. The molecule has 114 valence electrons. The summed E-state index contributed by atoms with van der Waals surface area (Å²) in [5.41, 5.74) is 3.54. The Balaban J connectivity index is 2.04. The number of fused-ring (bicyclic) bond motifs is 3. The van der Waals surface area contributed by atoms with Crippen molar-refractivity contribution >= 4 is 37.5 Å². The standard InChI is InChI=1S/C17H14N4OS/c1-10-3-5-11(6-4-10)21-9-20-14-13-12(18-2)7-8-19-16(13)23-15(14)17(21)22/h3-9H,1-2H3,(H,18,19). The van der Waals surface area contributed by atoms with Gasteiger partial charge < -0.3 is 5.32 Å². The molecule has 23 heavy (non-hydrogen) atoms. The second-order valence-electron chi connectivity index (χ2n) is 5.32. The van der Waals surface area contributed by atoms with E-state index in [-0.39, 0.29) is 5.56 Å². The Labute approximate surface area is 136 Å². The fourth-order valence-corrected chi connectivity index (χ4v) is 3.70. The maximum atomic E-state index is 12.9. The summed E-state index contributed by atoms with van der Waals surface area (Å²) >= 11 is 1.38. The lowest BCUT2D eigenvalue weighted by Gasteiger charge is -2.05. The van der Waals surface area contributed by atoms with Gasteiger partial charge in [-0.2, -0.15) is 0 Å². The largest absolute Gasteiger partial charge is 0.387 e. The highest BCUT2D eigenvalue weighted by Gasteiger charge is 2.15. The molecular formula is C17H14N4OS. The van der Waals surface area contributed by atoms with Crippen LogP contribution in [0.3, 0.4) is 0 Å². The summed E-state index contributed by atoms with van der Waals surface area (Å²) in [7, 11) is 1.85. The van der Waals surface area contributed by atoms with Crippen LogP contribution in [0.2, 0.25) is 0 Å². The molecule has 0 fully saturated rings. The van der Waals surface area contributed by atoms with Gasteiger partial charge in [-0.05, 0) is 25.1 Å². The van der Waals surface area contributed by atoms with E-state index in [0.29, 0.717) is 10.2 Å². The van der Waals surface area contributed by atoms with Gasteiger partial charge in [0, 0.05) is 18.9 Å². The summed E-state index contributed by atoms with van der Waals surface area (Å²) in [6.07, 6.45) is 3.33. The first-order valence-electron chi connectivity index (χ1n) is 7.22. The highest BCUT2D eigenvalue weighted by Crippen LogP contribution is 2.33. The highest BCUT2D eigenvalue weighted by atomic mass is 32.1. The first-order chi connectivity index (χ1) is 11.2. The molecule has 0 aliphatic carbocycles. The molecule has 4 rings (SSSR count). The molecule has 0 radical (unpaired) electrons. The minimum absolute atomic E-state index is 0.0658. The van der Waals surface area contributed by atoms with Gasteiger partial charge in [0.15, 0.2) is 0 Å². The van der Waals surface area contributed by atoms with Crippen molar-refractivity contribution in [3.05, 3.63) is 58.8 Å². The number of aromatic nitrogens is 3.